The van der Waals surface area contributed by atoms with Gasteiger partial charge in [-0.15, -0.1) is 6.58 Å². The van der Waals surface area contributed by atoms with E-state index >= 15 is 0 Å². The van der Waals surface area contributed by atoms with Crippen LogP contribution in [0.15, 0.2) is 12.7 Å². The molecule has 0 bridgehead atoms. The molecule has 0 radical (unpaired) electrons. The molecule has 0 saturated heterocycles. The topological polar surface area (TPSA) is 12.0 Å². The van der Waals surface area contributed by atoms with Gasteiger partial charge in [-0.1, -0.05) is 13.0 Å². The Balaban J connectivity index is 2.45. The van der Waals surface area contributed by atoms with Crippen molar-refractivity contribution in [2.45, 2.75) is 57.7 Å². The zero-order valence-corrected chi connectivity index (χ0v) is 11.1. The molecule has 1 fully saturated rings. The van der Waals surface area contributed by atoms with Crippen LogP contribution in [-0.4, -0.2) is 18.8 Å². The molecule has 0 aliphatic heterocycles. The van der Waals surface area contributed by atoms with E-state index in [4.69, 9.17) is 0 Å². The molecule has 0 aromatic carbocycles. The average Bonchev–Trinajstić information content (AvgIpc) is 2.33. The van der Waals surface area contributed by atoms with E-state index in [0.29, 0.717) is 24.8 Å². The maximum Gasteiger partial charge on any atom is 0.391 e. The summed E-state index contributed by atoms with van der Waals surface area (Å²) in [5.74, 6) is -0.711. The summed E-state index contributed by atoms with van der Waals surface area (Å²) >= 11 is 0. The maximum absolute atomic E-state index is 12.6. The molecule has 1 saturated carbocycles. The molecule has 1 N–H and O–H groups in total. The molecule has 0 aromatic rings. The normalized spacial score (nSPS) is 26.9. The lowest BCUT2D eigenvalue weighted by molar-refractivity contribution is -0.184. The first kappa shape index (κ1) is 15.5. The van der Waals surface area contributed by atoms with Crippen LogP contribution in [0.25, 0.3) is 0 Å². The molecule has 0 heterocycles. The molecule has 106 valence electrons. The first-order valence-electron chi connectivity index (χ1n) is 6.90. The Morgan fingerprint density at radius 3 is 2.33 bits per heavy atom. The van der Waals surface area contributed by atoms with E-state index in [2.05, 4.69) is 18.8 Å². The van der Waals surface area contributed by atoms with Crippen LogP contribution in [0.5, 0.6) is 0 Å². The van der Waals surface area contributed by atoms with E-state index < -0.39 is 12.1 Å². The van der Waals surface area contributed by atoms with Crippen LogP contribution in [0.1, 0.15) is 45.4 Å². The van der Waals surface area contributed by atoms with Crippen LogP contribution < -0.4 is 5.32 Å². The summed E-state index contributed by atoms with van der Waals surface area (Å²) in [5.41, 5.74) is 0. The minimum Gasteiger partial charge on any atom is -0.313 e. The highest BCUT2D eigenvalue weighted by Crippen LogP contribution is 2.40. The molecular formula is C14H24F3N. The van der Waals surface area contributed by atoms with Gasteiger partial charge in [-0.05, 0) is 51.0 Å². The third kappa shape index (κ3) is 4.63. The van der Waals surface area contributed by atoms with Crippen LogP contribution in [0.4, 0.5) is 13.2 Å². The third-order valence-corrected chi connectivity index (χ3v) is 3.88. The van der Waals surface area contributed by atoms with Gasteiger partial charge in [0.25, 0.3) is 0 Å². The minimum absolute atomic E-state index is 0.287. The van der Waals surface area contributed by atoms with Gasteiger partial charge in [0.2, 0.25) is 0 Å². The van der Waals surface area contributed by atoms with Gasteiger partial charge in [0.05, 0.1) is 5.92 Å². The SMILES string of the molecule is C=CCC(NCCC)C1CCC(C(F)(F)F)CC1. The zero-order chi connectivity index (χ0) is 13.6. The Bertz CT molecular complexity index is 242. The summed E-state index contributed by atoms with van der Waals surface area (Å²) in [7, 11) is 0. The summed E-state index contributed by atoms with van der Waals surface area (Å²) in [6, 6.07) is 0.302. The van der Waals surface area contributed by atoms with Gasteiger partial charge in [0.1, 0.15) is 0 Å². The third-order valence-electron chi connectivity index (χ3n) is 3.88. The van der Waals surface area contributed by atoms with Gasteiger partial charge >= 0.3 is 6.18 Å². The predicted octanol–water partition coefficient (Wildman–Crippen LogP) is 4.30. The molecule has 0 aromatic heterocycles. The summed E-state index contributed by atoms with van der Waals surface area (Å²) < 4.78 is 37.8. The molecule has 1 nitrogen and oxygen atoms in total. The highest BCUT2D eigenvalue weighted by Gasteiger charge is 2.42. The van der Waals surface area contributed by atoms with Crippen LogP contribution in [0.3, 0.4) is 0 Å². The van der Waals surface area contributed by atoms with Gasteiger partial charge in [0, 0.05) is 6.04 Å². The fourth-order valence-electron chi connectivity index (χ4n) is 2.80. The van der Waals surface area contributed by atoms with Crippen molar-refractivity contribution in [3.63, 3.8) is 0 Å². The van der Waals surface area contributed by atoms with Crippen LogP contribution in [0.2, 0.25) is 0 Å². The number of hydrogen-bond acceptors (Lipinski definition) is 1. The van der Waals surface area contributed by atoms with Gasteiger partial charge in [0.15, 0.2) is 0 Å². The van der Waals surface area contributed by atoms with Gasteiger partial charge in [-0.3, -0.25) is 0 Å². The molecule has 4 heteroatoms. The van der Waals surface area contributed by atoms with E-state index in [9.17, 15) is 13.2 Å². The summed E-state index contributed by atoms with van der Waals surface area (Å²) in [4.78, 5) is 0. The molecule has 0 spiro atoms. The lowest BCUT2D eigenvalue weighted by Gasteiger charge is -2.34. The first-order chi connectivity index (χ1) is 8.49. The maximum atomic E-state index is 12.6. The zero-order valence-electron chi connectivity index (χ0n) is 11.1. The van der Waals surface area contributed by atoms with E-state index in [-0.39, 0.29) is 12.8 Å². The number of hydrogen-bond donors (Lipinski definition) is 1. The molecular weight excluding hydrogens is 239 g/mol. The van der Waals surface area contributed by atoms with Crippen molar-refractivity contribution < 1.29 is 13.2 Å². The highest BCUT2D eigenvalue weighted by atomic mass is 19.4. The van der Waals surface area contributed by atoms with Crippen molar-refractivity contribution in [1.82, 2.24) is 5.32 Å². The second-order valence-corrected chi connectivity index (χ2v) is 5.24. The van der Waals surface area contributed by atoms with Gasteiger partial charge < -0.3 is 5.32 Å². The highest BCUT2D eigenvalue weighted by molar-refractivity contribution is 4.87. The molecule has 1 aliphatic carbocycles. The summed E-state index contributed by atoms with van der Waals surface area (Å²) in [6.45, 7) is 6.76. The fraction of sp³-hybridized carbons (Fsp3) is 0.857. The smallest absolute Gasteiger partial charge is 0.313 e. The number of nitrogens with one attached hydrogen (secondary N) is 1. The minimum atomic E-state index is -4.00. The number of rotatable bonds is 6. The molecule has 1 unspecified atom stereocenters. The molecule has 1 atom stereocenters. The van der Waals surface area contributed by atoms with E-state index in [1.54, 1.807) is 0 Å². The van der Waals surface area contributed by atoms with Crippen molar-refractivity contribution >= 4 is 0 Å². The lowest BCUT2D eigenvalue weighted by Crippen LogP contribution is -2.39. The molecule has 0 amide bonds. The Labute approximate surface area is 108 Å². The fourth-order valence-corrected chi connectivity index (χ4v) is 2.80. The lowest BCUT2D eigenvalue weighted by atomic mass is 9.77. The number of halogens is 3. The monoisotopic (exact) mass is 263 g/mol. The second-order valence-electron chi connectivity index (χ2n) is 5.24. The van der Waals surface area contributed by atoms with Crippen LogP contribution in [-0.2, 0) is 0 Å². The predicted molar refractivity (Wildman–Crippen MR) is 68.4 cm³/mol. The van der Waals surface area contributed by atoms with E-state index in [0.717, 1.165) is 19.4 Å². The van der Waals surface area contributed by atoms with Crippen molar-refractivity contribution in [3.05, 3.63) is 12.7 Å². The molecule has 1 aliphatic rings. The second kappa shape index (κ2) is 7.17. The van der Waals surface area contributed by atoms with Crippen molar-refractivity contribution in [1.29, 1.82) is 0 Å². The standard InChI is InChI=1S/C14H24F3N/c1-3-5-13(18-10-4-2)11-6-8-12(9-7-11)14(15,16)17/h3,11-13,18H,1,4-10H2,2H3. The van der Waals surface area contributed by atoms with Crippen molar-refractivity contribution in [2.24, 2.45) is 11.8 Å². The van der Waals surface area contributed by atoms with Crippen LogP contribution in [0, 0.1) is 11.8 Å². The van der Waals surface area contributed by atoms with Gasteiger partial charge in [-0.2, -0.15) is 13.2 Å². The van der Waals surface area contributed by atoms with Crippen molar-refractivity contribution in [3.8, 4) is 0 Å². The Morgan fingerprint density at radius 2 is 1.89 bits per heavy atom. The Hall–Kier alpha value is -0.510. The molecule has 18 heavy (non-hydrogen) atoms. The Kier molecular flexibility index (Phi) is 6.19. The number of alkyl halides is 3. The first-order valence-corrected chi connectivity index (χ1v) is 6.90. The van der Waals surface area contributed by atoms with Crippen LogP contribution >= 0.6 is 0 Å². The van der Waals surface area contributed by atoms with Gasteiger partial charge in [-0.25, -0.2) is 0 Å². The Morgan fingerprint density at radius 1 is 1.28 bits per heavy atom. The largest absolute Gasteiger partial charge is 0.391 e. The average molecular weight is 263 g/mol. The van der Waals surface area contributed by atoms with E-state index in [1.807, 2.05) is 6.08 Å². The molecule has 1 rings (SSSR count). The quantitative estimate of drug-likeness (QED) is 0.704. The summed E-state index contributed by atoms with van der Waals surface area (Å²) in [6.07, 6.45) is 1.69. The summed E-state index contributed by atoms with van der Waals surface area (Å²) in [5, 5.41) is 3.44. The van der Waals surface area contributed by atoms with Crippen molar-refractivity contribution in [2.75, 3.05) is 6.54 Å². The van der Waals surface area contributed by atoms with E-state index in [1.165, 1.54) is 0 Å².